The molecule has 2 saturated heterocycles. The molecule has 8 nitrogen and oxygen atoms in total. The van der Waals surface area contributed by atoms with Gasteiger partial charge in [0.15, 0.2) is 15.0 Å². The average Bonchev–Trinajstić information content (AvgIpc) is 3.24. The van der Waals surface area contributed by atoms with Gasteiger partial charge in [0, 0.05) is 17.4 Å². The van der Waals surface area contributed by atoms with E-state index in [-0.39, 0.29) is 29.2 Å². The van der Waals surface area contributed by atoms with Gasteiger partial charge in [-0.15, -0.1) is 0 Å². The zero-order chi connectivity index (χ0) is 27.0. The number of sulfone groups is 1. The maximum atomic E-state index is 13.6. The van der Waals surface area contributed by atoms with Crippen LogP contribution in [0.2, 0.25) is 0 Å². The van der Waals surface area contributed by atoms with Crippen LogP contribution in [0.25, 0.3) is 0 Å². The highest BCUT2D eigenvalue weighted by atomic mass is 32.2. The van der Waals surface area contributed by atoms with Gasteiger partial charge in [0.1, 0.15) is 11.6 Å². The molecule has 0 aromatic heterocycles. The van der Waals surface area contributed by atoms with Gasteiger partial charge in [-0.1, -0.05) is 60.3 Å². The van der Waals surface area contributed by atoms with Crippen molar-refractivity contribution in [2.45, 2.75) is 64.0 Å². The summed E-state index contributed by atoms with van der Waals surface area (Å²) in [6.45, 7) is 9.19. The first kappa shape index (κ1) is 27.2. The smallest absolute Gasteiger partial charge is 0.408 e. The van der Waals surface area contributed by atoms with Crippen molar-refractivity contribution in [2.24, 2.45) is 4.99 Å². The summed E-state index contributed by atoms with van der Waals surface area (Å²) in [6.07, 6.45) is -0.457. The number of amidine groups is 1. The number of anilines is 1. The Labute approximate surface area is 222 Å². The van der Waals surface area contributed by atoms with Crippen molar-refractivity contribution < 1.29 is 22.7 Å². The van der Waals surface area contributed by atoms with Crippen LogP contribution in [0.3, 0.4) is 0 Å². The van der Waals surface area contributed by atoms with Crippen LogP contribution in [0.1, 0.15) is 37.5 Å². The third-order valence-electron chi connectivity index (χ3n) is 6.22. The lowest BCUT2D eigenvalue weighted by molar-refractivity contribution is -0.119. The summed E-state index contributed by atoms with van der Waals surface area (Å²) in [7, 11) is -3.19. The molecule has 10 heteroatoms. The maximum Gasteiger partial charge on any atom is 0.408 e. The van der Waals surface area contributed by atoms with E-state index in [9.17, 15) is 18.0 Å². The second kappa shape index (κ2) is 10.5. The summed E-state index contributed by atoms with van der Waals surface area (Å²) in [5.41, 5.74) is 2.95. The van der Waals surface area contributed by atoms with Crippen LogP contribution in [0, 0.1) is 13.8 Å². The van der Waals surface area contributed by atoms with Crippen LogP contribution in [0.5, 0.6) is 0 Å². The Bertz CT molecular complexity index is 1300. The fourth-order valence-corrected chi connectivity index (χ4v) is 8.59. The van der Waals surface area contributed by atoms with Crippen molar-refractivity contribution in [3.05, 3.63) is 65.2 Å². The van der Waals surface area contributed by atoms with Crippen molar-refractivity contribution in [1.29, 1.82) is 0 Å². The standard InChI is InChI=1S/C27H33N3O5S2/c1-17-10-9-11-18(2)23(17)30-21-15-37(33,34)16-22(21)36-25(30)29-24(31)20(14-19-12-7-6-8-13-19)28-26(32)35-27(3,4)5/h6-13,20-22H,14-16H2,1-5H3,(H,28,32)/t20-,21-,22+/m1/s1. The van der Waals surface area contributed by atoms with Gasteiger partial charge >= 0.3 is 6.09 Å². The number of benzene rings is 2. The van der Waals surface area contributed by atoms with Gasteiger partial charge in [-0.05, 0) is 51.3 Å². The van der Waals surface area contributed by atoms with Crippen LogP contribution in [-0.2, 0) is 25.8 Å². The predicted octanol–water partition coefficient (Wildman–Crippen LogP) is 4.04. The number of carbonyl (C=O) groups is 2. The average molecular weight is 544 g/mol. The number of ether oxygens (including phenoxy) is 1. The molecule has 0 saturated carbocycles. The highest BCUT2D eigenvalue weighted by Gasteiger charge is 2.50. The number of hydrogen-bond acceptors (Lipinski definition) is 6. The Morgan fingerprint density at radius 2 is 1.73 bits per heavy atom. The number of hydrogen-bond donors (Lipinski definition) is 1. The molecule has 2 amide bonds. The predicted molar refractivity (Wildman–Crippen MR) is 148 cm³/mol. The van der Waals surface area contributed by atoms with Gasteiger partial charge in [0.2, 0.25) is 0 Å². The maximum absolute atomic E-state index is 13.6. The Balaban J connectivity index is 1.69. The number of amides is 2. The molecule has 0 unspecified atom stereocenters. The number of thioether (sulfide) groups is 1. The number of fused-ring (bicyclic) bond motifs is 1. The van der Waals surface area contributed by atoms with Crippen molar-refractivity contribution in [3.63, 3.8) is 0 Å². The highest BCUT2D eigenvalue weighted by Crippen LogP contribution is 2.43. The molecule has 3 atom stereocenters. The minimum Gasteiger partial charge on any atom is -0.444 e. The number of nitrogens with zero attached hydrogens (tertiary/aromatic N) is 2. The van der Waals surface area contributed by atoms with E-state index in [1.165, 1.54) is 11.8 Å². The van der Waals surface area contributed by atoms with Crippen LogP contribution < -0.4 is 10.2 Å². The SMILES string of the molecule is Cc1cccc(C)c1N1C(=NC(=O)[C@@H](Cc2ccccc2)NC(=O)OC(C)(C)C)S[C@H]2CS(=O)(=O)C[C@H]21. The molecular weight excluding hydrogens is 510 g/mol. The molecule has 2 aliphatic rings. The Kier molecular flexibility index (Phi) is 7.71. The Hall–Kier alpha value is -2.85. The fourth-order valence-electron chi connectivity index (χ4n) is 4.68. The molecule has 37 heavy (non-hydrogen) atoms. The molecule has 2 fully saturated rings. The summed E-state index contributed by atoms with van der Waals surface area (Å²) < 4.78 is 30.3. The number of aryl methyl sites for hydroxylation is 2. The van der Waals surface area contributed by atoms with E-state index >= 15 is 0 Å². The fraction of sp³-hybridized carbons (Fsp3) is 0.444. The normalized spacial score (nSPS) is 22.5. The summed E-state index contributed by atoms with van der Waals surface area (Å²) in [5.74, 6) is -0.466. The van der Waals surface area contributed by atoms with Gasteiger partial charge < -0.3 is 15.0 Å². The third kappa shape index (κ3) is 6.54. The quantitative estimate of drug-likeness (QED) is 0.607. The second-order valence-corrected chi connectivity index (χ2v) is 13.9. The van der Waals surface area contributed by atoms with E-state index in [4.69, 9.17) is 4.74 Å². The van der Waals surface area contributed by atoms with Crippen molar-refractivity contribution >= 4 is 44.5 Å². The monoisotopic (exact) mass is 543 g/mol. The van der Waals surface area contributed by atoms with E-state index in [1.807, 2.05) is 67.3 Å². The van der Waals surface area contributed by atoms with Crippen LogP contribution in [0.15, 0.2) is 53.5 Å². The van der Waals surface area contributed by atoms with E-state index in [0.717, 1.165) is 22.4 Å². The molecule has 198 valence electrons. The number of rotatable bonds is 5. The number of nitrogens with one attached hydrogen (secondary N) is 1. The van der Waals surface area contributed by atoms with Gasteiger partial charge in [-0.2, -0.15) is 4.99 Å². The lowest BCUT2D eigenvalue weighted by atomic mass is 10.1. The molecule has 0 bridgehead atoms. The number of para-hydroxylation sites is 1. The molecule has 4 rings (SSSR count). The van der Waals surface area contributed by atoms with Crippen LogP contribution in [0.4, 0.5) is 10.5 Å². The lowest BCUT2D eigenvalue weighted by Crippen LogP contribution is -2.45. The Morgan fingerprint density at radius 3 is 2.35 bits per heavy atom. The molecule has 2 aromatic rings. The number of aliphatic imine (C=N–C) groups is 1. The first-order chi connectivity index (χ1) is 17.3. The first-order valence-electron chi connectivity index (χ1n) is 12.2. The van der Waals surface area contributed by atoms with Crippen LogP contribution in [-0.4, -0.2) is 60.0 Å². The molecule has 2 aromatic carbocycles. The molecule has 0 radical (unpaired) electrons. The van der Waals surface area contributed by atoms with Crippen molar-refractivity contribution in [2.75, 3.05) is 16.4 Å². The summed E-state index contributed by atoms with van der Waals surface area (Å²) in [4.78, 5) is 32.6. The van der Waals surface area contributed by atoms with E-state index in [1.54, 1.807) is 20.8 Å². The second-order valence-electron chi connectivity index (χ2n) is 10.5. The van der Waals surface area contributed by atoms with Crippen molar-refractivity contribution in [3.8, 4) is 0 Å². The lowest BCUT2D eigenvalue weighted by Gasteiger charge is -2.28. The number of carbonyl (C=O) groups excluding carboxylic acids is 2. The molecule has 2 aliphatic heterocycles. The van der Waals surface area contributed by atoms with Gasteiger partial charge in [-0.3, -0.25) is 4.79 Å². The minimum atomic E-state index is -3.19. The summed E-state index contributed by atoms with van der Waals surface area (Å²) in [6, 6.07) is 14.0. The summed E-state index contributed by atoms with van der Waals surface area (Å²) >= 11 is 1.32. The van der Waals surface area contributed by atoms with Gasteiger partial charge in [-0.25, -0.2) is 13.2 Å². The van der Waals surface area contributed by atoms with E-state index in [0.29, 0.717) is 5.17 Å². The molecular formula is C27H33N3O5S2. The molecule has 2 heterocycles. The zero-order valence-electron chi connectivity index (χ0n) is 21.7. The minimum absolute atomic E-state index is 0.00918. The van der Waals surface area contributed by atoms with E-state index in [2.05, 4.69) is 10.3 Å². The Morgan fingerprint density at radius 1 is 1.08 bits per heavy atom. The largest absolute Gasteiger partial charge is 0.444 e. The van der Waals surface area contributed by atoms with E-state index < -0.39 is 33.5 Å². The molecule has 0 spiro atoms. The van der Waals surface area contributed by atoms with Crippen molar-refractivity contribution in [1.82, 2.24) is 5.32 Å². The molecule has 1 N–H and O–H groups in total. The van der Waals surface area contributed by atoms with Gasteiger partial charge in [0.05, 0.1) is 17.5 Å². The van der Waals surface area contributed by atoms with Gasteiger partial charge in [0.25, 0.3) is 5.91 Å². The summed E-state index contributed by atoms with van der Waals surface area (Å²) in [5, 5.41) is 2.93. The first-order valence-corrected chi connectivity index (χ1v) is 14.9. The number of alkyl carbamates (subject to hydrolysis) is 1. The highest BCUT2D eigenvalue weighted by molar-refractivity contribution is 8.16. The molecule has 0 aliphatic carbocycles. The topological polar surface area (TPSA) is 105 Å². The third-order valence-corrected chi connectivity index (χ3v) is 9.43. The van der Waals surface area contributed by atoms with Crippen LogP contribution >= 0.6 is 11.8 Å². The zero-order valence-corrected chi connectivity index (χ0v) is 23.4.